The van der Waals surface area contributed by atoms with Crippen LogP contribution in [0.3, 0.4) is 0 Å². The van der Waals surface area contributed by atoms with Crippen molar-refractivity contribution in [3.63, 3.8) is 0 Å². The van der Waals surface area contributed by atoms with E-state index in [1.54, 1.807) is 0 Å². The van der Waals surface area contributed by atoms with Gasteiger partial charge in [-0.2, -0.15) is 0 Å². The molecule has 1 aromatic heterocycles. The molecule has 1 heterocycles. The third-order valence-electron chi connectivity index (χ3n) is 5.72. The molecule has 4 rings (SSSR count). The van der Waals surface area contributed by atoms with Crippen molar-refractivity contribution in [2.24, 2.45) is 5.92 Å². The Morgan fingerprint density at radius 3 is 2.64 bits per heavy atom. The van der Waals surface area contributed by atoms with Crippen LogP contribution in [0.15, 0.2) is 39.5 Å². The van der Waals surface area contributed by atoms with Crippen LogP contribution in [0.4, 0.5) is 0 Å². The van der Waals surface area contributed by atoms with Gasteiger partial charge >= 0.3 is 5.63 Å². The van der Waals surface area contributed by atoms with Gasteiger partial charge in [0.2, 0.25) is 0 Å². The molecule has 132 valence electrons. The van der Waals surface area contributed by atoms with Gasteiger partial charge in [0.15, 0.2) is 0 Å². The Labute approximate surface area is 148 Å². The Morgan fingerprint density at radius 2 is 1.88 bits per heavy atom. The normalized spacial score (nSPS) is 19.6. The fraction of sp³-hybridized carbons (Fsp3) is 0.500. The van der Waals surface area contributed by atoms with E-state index < -0.39 is 0 Å². The second kappa shape index (κ2) is 7.07. The highest BCUT2D eigenvalue weighted by Gasteiger charge is 2.33. The van der Waals surface area contributed by atoms with E-state index in [1.807, 2.05) is 18.2 Å². The van der Waals surface area contributed by atoms with Gasteiger partial charge in [0.1, 0.15) is 11.5 Å². The Balaban J connectivity index is 1.52. The number of aromatic hydroxyl groups is 1. The lowest BCUT2D eigenvalue weighted by atomic mass is 9.83. The van der Waals surface area contributed by atoms with Crippen molar-refractivity contribution in [2.75, 3.05) is 0 Å². The largest absolute Gasteiger partial charge is 0.507 e. The molecule has 0 saturated heterocycles. The summed E-state index contributed by atoms with van der Waals surface area (Å²) in [6.45, 7) is 0. The molecule has 1 N–H and O–H groups in total. The maximum Gasteiger partial charge on any atom is 0.342 e. The summed E-state index contributed by atoms with van der Waals surface area (Å²) in [4.78, 5) is 12.5. The van der Waals surface area contributed by atoms with Gasteiger partial charge in [0.05, 0.1) is 5.56 Å². The van der Waals surface area contributed by atoms with Crippen molar-refractivity contribution in [1.82, 2.24) is 0 Å². The van der Waals surface area contributed by atoms with Crippen LogP contribution in [-0.4, -0.2) is 5.11 Å². The van der Waals surface area contributed by atoms with E-state index in [0.29, 0.717) is 17.9 Å². The molecule has 0 spiro atoms. The van der Waals surface area contributed by atoms with Crippen LogP contribution in [-0.2, 0) is 19.3 Å². The summed E-state index contributed by atoms with van der Waals surface area (Å²) < 4.78 is 5.74. The molecule has 2 aliphatic carbocycles. The van der Waals surface area contributed by atoms with E-state index in [9.17, 15) is 9.90 Å². The molecular formula is C22H26O3. The second-order valence-electron chi connectivity index (χ2n) is 7.67. The molecule has 1 saturated carbocycles. The molecule has 1 unspecified atom stereocenters. The van der Waals surface area contributed by atoms with Crippen LogP contribution >= 0.6 is 0 Å². The smallest absolute Gasteiger partial charge is 0.342 e. The summed E-state index contributed by atoms with van der Waals surface area (Å²) in [5.41, 5.74) is 2.31. The molecule has 3 heteroatoms. The third kappa shape index (κ3) is 3.65. The first-order valence-electron chi connectivity index (χ1n) is 9.64. The van der Waals surface area contributed by atoms with E-state index in [2.05, 4.69) is 12.1 Å². The SMILES string of the molecule is O=c1oc2c(c(O)c1CCCc1ccccc1)CCCC2CC1CC1. The highest BCUT2D eigenvalue weighted by molar-refractivity contribution is 5.42. The van der Waals surface area contributed by atoms with Gasteiger partial charge in [-0.05, 0) is 56.4 Å². The summed E-state index contributed by atoms with van der Waals surface area (Å²) in [7, 11) is 0. The predicted molar refractivity (Wildman–Crippen MR) is 98.1 cm³/mol. The summed E-state index contributed by atoms with van der Waals surface area (Å²) in [5.74, 6) is 2.13. The average Bonchev–Trinajstić information content (AvgIpc) is 3.44. The quantitative estimate of drug-likeness (QED) is 0.827. The van der Waals surface area contributed by atoms with E-state index in [-0.39, 0.29) is 11.4 Å². The highest BCUT2D eigenvalue weighted by Crippen LogP contribution is 2.45. The van der Waals surface area contributed by atoms with Gasteiger partial charge in [-0.25, -0.2) is 4.79 Å². The lowest BCUT2D eigenvalue weighted by molar-refractivity contribution is 0.336. The number of benzene rings is 1. The standard InChI is InChI=1S/C22H26O3/c23-20-18-10-5-9-17(14-16-12-13-16)21(18)25-22(24)19(20)11-4-8-15-6-2-1-3-7-15/h1-3,6-7,16-17,23H,4-5,8-14H2. The maximum atomic E-state index is 12.5. The Kier molecular flexibility index (Phi) is 4.65. The zero-order valence-corrected chi connectivity index (χ0v) is 14.7. The molecule has 1 fully saturated rings. The molecule has 1 aromatic carbocycles. The first-order valence-corrected chi connectivity index (χ1v) is 9.64. The van der Waals surface area contributed by atoms with Crippen LogP contribution in [0.25, 0.3) is 0 Å². The Hall–Kier alpha value is -2.03. The molecule has 0 radical (unpaired) electrons. The van der Waals surface area contributed by atoms with Gasteiger partial charge in [0.25, 0.3) is 0 Å². The van der Waals surface area contributed by atoms with E-state index in [1.165, 1.54) is 18.4 Å². The first-order chi connectivity index (χ1) is 12.2. The Morgan fingerprint density at radius 1 is 1.08 bits per heavy atom. The summed E-state index contributed by atoms with van der Waals surface area (Å²) >= 11 is 0. The third-order valence-corrected chi connectivity index (χ3v) is 5.72. The van der Waals surface area contributed by atoms with Crippen LogP contribution < -0.4 is 5.63 Å². The minimum Gasteiger partial charge on any atom is -0.507 e. The highest BCUT2D eigenvalue weighted by atomic mass is 16.4. The summed E-state index contributed by atoms with van der Waals surface area (Å²) in [5, 5.41) is 10.7. The Bertz CT molecular complexity index is 787. The minimum absolute atomic E-state index is 0.222. The van der Waals surface area contributed by atoms with E-state index >= 15 is 0 Å². The number of hydrogen-bond donors (Lipinski definition) is 1. The first kappa shape index (κ1) is 16.4. The van der Waals surface area contributed by atoms with Gasteiger partial charge in [0, 0.05) is 11.5 Å². The lowest BCUT2D eigenvalue weighted by Gasteiger charge is -2.25. The molecule has 0 aliphatic heterocycles. The fourth-order valence-electron chi connectivity index (χ4n) is 4.16. The monoisotopic (exact) mass is 338 g/mol. The van der Waals surface area contributed by atoms with Crippen molar-refractivity contribution < 1.29 is 9.52 Å². The molecule has 3 nitrogen and oxygen atoms in total. The summed E-state index contributed by atoms with van der Waals surface area (Å²) in [6.07, 6.45) is 9.03. The maximum absolute atomic E-state index is 12.5. The van der Waals surface area contributed by atoms with E-state index in [0.717, 1.165) is 55.8 Å². The van der Waals surface area contributed by atoms with Crippen molar-refractivity contribution in [3.8, 4) is 5.75 Å². The fourth-order valence-corrected chi connectivity index (χ4v) is 4.16. The molecule has 0 amide bonds. The zero-order chi connectivity index (χ0) is 17.2. The predicted octanol–water partition coefficient (Wildman–Crippen LogP) is 4.74. The lowest BCUT2D eigenvalue weighted by Crippen LogP contribution is -2.18. The van der Waals surface area contributed by atoms with Gasteiger partial charge < -0.3 is 9.52 Å². The molecule has 2 aliphatic rings. The van der Waals surface area contributed by atoms with Crippen LogP contribution in [0.1, 0.15) is 66.9 Å². The molecule has 25 heavy (non-hydrogen) atoms. The zero-order valence-electron chi connectivity index (χ0n) is 14.7. The molecule has 2 aromatic rings. The van der Waals surface area contributed by atoms with Crippen molar-refractivity contribution in [2.45, 2.75) is 63.7 Å². The van der Waals surface area contributed by atoms with Gasteiger partial charge in [-0.3, -0.25) is 0 Å². The van der Waals surface area contributed by atoms with Crippen molar-refractivity contribution in [3.05, 3.63) is 63.2 Å². The minimum atomic E-state index is -0.327. The van der Waals surface area contributed by atoms with Crippen molar-refractivity contribution in [1.29, 1.82) is 0 Å². The second-order valence-corrected chi connectivity index (χ2v) is 7.67. The molecule has 1 atom stereocenters. The van der Waals surface area contributed by atoms with Crippen LogP contribution in [0.5, 0.6) is 5.75 Å². The number of hydrogen-bond acceptors (Lipinski definition) is 3. The van der Waals surface area contributed by atoms with Crippen LogP contribution in [0.2, 0.25) is 0 Å². The van der Waals surface area contributed by atoms with Crippen LogP contribution in [0, 0.1) is 5.92 Å². The average molecular weight is 338 g/mol. The van der Waals surface area contributed by atoms with Gasteiger partial charge in [-0.1, -0.05) is 43.2 Å². The van der Waals surface area contributed by atoms with Gasteiger partial charge in [-0.15, -0.1) is 0 Å². The molecular weight excluding hydrogens is 312 g/mol. The number of aryl methyl sites for hydroxylation is 1. The van der Waals surface area contributed by atoms with Crippen molar-refractivity contribution >= 4 is 0 Å². The van der Waals surface area contributed by atoms with E-state index in [4.69, 9.17) is 4.42 Å². The molecule has 0 bridgehead atoms. The summed E-state index contributed by atoms with van der Waals surface area (Å²) in [6, 6.07) is 10.3. The number of fused-ring (bicyclic) bond motifs is 1. The topological polar surface area (TPSA) is 50.4 Å². The number of rotatable bonds is 6.